The van der Waals surface area contributed by atoms with Gasteiger partial charge in [-0.25, -0.2) is 0 Å². The summed E-state index contributed by atoms with van der Waals surface area (Å²) in [5.41, 5.74) is 6.35. The molecule has 0 amide bonds. The van der Waals surface area contributed by atoms with Crippen molar-refractivity contribution < 1.29 is 11.0 Å². The zero-order chi connectivity index (χ0) is 42.4. The van der Waals surface area contributed by atoms with Gasteiger partial charge in [-0.1, -0.05) is 170 Å². The van der Waals surface area contributed by atoms with E-state index < -0.39 is 12.1 Å². The lowest BCUT2D eigenvalue weighted by Gasteiger charge is -2.26. The molecule has 0 spiro atoms. The van der Waals surface area contributed by atoms with Crippen LogP contribution < -0.4 is 4.90 Å². The summed E-state index contributed by atoms with van der Waals surface area (Å²) in [6, 6.07) is 52.6. The van der Waals surface area contributed by atoms with Crippen LogP contribution in [0, 0.1) is 0 Å². The molecule has 0 bridgehead atoms. The second-order valence-electron chi connectivity index (χ2n) is 12.8. The highest BCUT2D eigenvalue weighted by Gasteiger charge is 2.16. The molecule has 0 aromatic heterocycles. The molecule has 0 aliphatic heterocycles. The van der Waals surface area contributed by atoms with Gasteiger partial charge < -0.3 is 4.90 Å². The molecule has 0 saturated heterocycles. The van der Waals surface area contributed by atoms with E-state index in [-0.39, 0.29) is 58.8 Å². The first-order valence-electron chi connectivity index (χ1n) is 21.5. The van der Waals surface area contributed by atoms with E-state index in [9.17, 15) is 11.0 Å². The SMILES string of the molecule is [2H]c1c([2H])c(N(c2cccc(-c3cccc4ccccc34)c2)c2c([2H])c([2H])c(-c3cc(-c4ccccc4)cc(-c4ccccc4)c3)c([2H])c2[2H])c([2H])c([2H])c1-c1ccccc1. The van der Waals surface area contributed by atoms with Gasteiger partial charge in [0.25, 0.3) is 0 Å². The van der Waals surface area contributed by atoms with Crippen molar-refractivity contribution in [1.82, 2.24) is 0 Å². The van der Waals surface area contributed by atoms with E-state index in [1.54, 1.807) is 36.4 Å². The van der Waals surface area contributed by atoms with E-state index in [0.29, 0.717) is 16.8 Å². The molecule has 0 heterocycles. The first-order valence-corrected chi connectivity index (χ1v) is 17.5. The maximum Gasteiger partial charge on any atom is 0.0645 e. The monoisotopic (exact) mass is 683 g/mol. The van der Waals surface area contributed by atoms with E-state index in [1.165, 1.54) is 4.90 Å². The van der Waals surface area contributed by atoms with Crippen molar-refractivity contribution in [2.24, 2.45) is 0 Å². The molecule has 9 aromatic rings. The first-order chi connectivity index (χ1) is 29.6. The van der Waals surface area contributed by atoms with Gasteiger partial charge in [0, 0.05) is 17.1 Å². The minimum Gasteiger partial charge on any atom is -0.310 e. The number of fused-ring (bicyclic) bond motifs is 1. The highest BCUT2D eigenvalue weighted by Crippen LogP contribution is 2.40. The highest BCUT2D eigenvalue weighted by molar-refractivity contribution is 5.97. The molecule has 0 unspecified atom stereocenters. The summed E-state index contributed by atoms with van der Waals surface area (Å²) < 4.78 is 76.0. The van der Waals surface area contributed by atoms with Gasteiger partial charge in [-0.05, 0) is 121 Å². The molecule has 9 aromatic carbocycles. The number of anilines is 3. The summed E-state index contributed by atoms with van der Waals surface area (Å²) in [5.74, 6) is 0. The van der Waals surface area contributed by atoms with Crippen LogP contribution in [-0.4, -0.2) is 0 Å². The van der Waals surface area contributed by atoms with Crippen LogP contribution in [0.1, 0.15) is 11.0 Å². The van der Waals surface area contributed by atoms with Crippen molar-refractivity contribution in [3.8, 4) is 55.6 Å². The molecule has 250 valence electrons. The molecular weight excluding hydrogens is 639 g/mol. The molecular formula is C52H37N. The van der Waals surface area contributed by atoms with Gasteiger partial charge in [-0.15, -0.1) is 0 Å². The van der Waals surface area contributed by atoms with Crippen LogP contribution in [0.4, 0.5) is 17.1 Å². The molecule has 0 aliphatic carbocycles. The number of hydrogen-bond acceptors (Lipinski definition) is 1. The van der Waals surface area contributed by atoms with E-state index in [0.717, 1.165) is 44.2 Å². The highest BCUT2D eigenvalue weighted by atomic mass is 15.1. The summed E-state index contributed by atoms with van der Waals surface area (Å²) in [5, 5.41) is 2.02. The molecule has 0 aliphatic rings. The predicted octanol–water partition coefficient (Wildman–Crippen LogP) is 14.6. The molecule has 9 rings (SSSR count). The summed E-state index contributed by atoms with van der Waals surface area (Å²) >= 11 is 0. The van der Waals surface area contributed by atoms with Gasteiger partial charge in [-0.2, -0.15) is 0 Å². The number of benzene rings is 9. The normalized spacial score (nSPS) is 13.1. The lowest BCUT2D eigenvalue weighted by Crippen LogP contribution is -2.10. The van der Waals surface area contributed by atoms with Gasteiger partial charge in [0.05, 0.1) is 11.0 Å². The van der Waals surface area contributed by atoms with Crippen molar-refractivity contribution >= 4 is 27.8 Å². The fraction of sp³-hybridized carbons (Fsp3) is 0. The van der Waals surface area contributed by atoms with Crippen LogP contribution in [-0.2, 0) is 0 Å². The van der Waals surface area contributed by atoms with Gasteiger partial charge in [0.2, 0.25) is 0 Å². The molecule has 0 atom stereocenters. The Hall–Kier alpha value is -6.96. The molecule has 1 nitrogen and oxygen atoms in total. The Morgan fingerprint density at radius 3 is 1.26 bits per heavy atom. The maximum atomic E-state index is 9.69. The zero-order valence-corrected chi connectivity index (χ0v) is 28.7. The molecule has 0 fully saturated rings. The van der Waals surface area contributed by atoms with E-state index >= 15 is 0 Å². The second-order valence-corrected chi connectivity index (χ2v) is 12.8. The Balaban J connectivity index is 1.31. The fourth-order valence-corrected chi connectivity index (χ4v) is 6.76. The molecule has 0 saturated carbocycles. The average Bonchev–Trinajstić information content (AvgIpc) is 3.30. The number of hydrogen-bond donors (Lipinski definition) is 0. The van der Waals surface area contributed by atoms with E-state index in [1.807, 2.05) is 140 Å². The Kier molecular flexibility index (Phi) is 6.57. The van der Waals surface area contributed by atoms with Crippen molar-refractivity contribution in [3.05, 3.63) is 224 Å². The van der Waals surface area contributed by atoms with Crippen molar-refractivity contribution in [2.75, 3.05) is 4.90 Å². The third-order valence-electron chi connectivity index (χ3n) is 9.37. The van der Waals surface area contributed by atoms with Crippen LogP contribution in [0.2, 0.25) is 0 Å². The summed E-state index contributed by atoms with van der Waals surface area (Å²) in [6.07, 6.45) is 0. The third-order valence-corrected chi connectivity index (χ3v) is 9.37. The molecule has 53 heavy (non-hydrogen) atoms. The van der Waals surface area contributed by atoms with Gasteiger partial charge in [0.15, 0.2) is 0 Å². The average molecular weight is 684 g/mol. The summed E-state index contributed by atoms with van der Waals surface area (Å²) in [7, 11) is 0. The van der Waals surface area contributed by atoms with Crippen LogP contribution in [0.3, 0.4) is 0 Å². The fourth-order valence-electron chi connectivity index (χ4n) is 6.76. The molecule has 1 heteroatoms. The summed E-state index contributed by atoms with van der Waals surface area (Å²) in [6.45, 7) is 0. The second kappa shape index (κ2) is 14.3. The smallest absolute Gasteiger partial charge is 0.0645 e. The van der Waals surface area contributed by atoms with Gasteiger partial charge in [0.1, 0.15) is 0 Å². The Morgan fingerprint density at radius 2 is 0.698 bits per heavy atom. The Bertz CT molecular complexity index is 3000. The largest absolute Gasteiger partial charge is 0.310 e. The van der Waals surface area contributed by atoms with Crippen LogP contribution >= 0.6 is 0 Å². The first kappa shape index (κ1) is 24.3. The predicted molar refractivity (Wildman–Crippen MR) is 226 cm³/mol. The van der Waals surface area contributed by atoms with E-state index in [4.69, 9.17) is 0 Å². The Morgan fingerprint density at radius 1 is 0.283 bits per heavy atom. The van der Waals surface area contributed by atoms with Gasteiger partial charge in [-0.3, -0.25) is 0 Å². The van der Waals surface area contributed by atoms with Crippen LogP contribution in [0.25, 0.3) is 66.4 Å². The van der Waals surface area contributed by atoms with Gasteiger partial charge >= 0.3 is 0 Å². The third kappa shape index (κ3) is 6.65. The lowest BCUT2D eigenvalue weighted by molar-refractivity contribution is 1.28. The van der Waals surface area contributed by atoms with Crippen molar-refractivity contribution in [1.29, 1.82) is 0 Å². The number of nitrogens with zero attached hydrogens (tertiary/aromatic N) is 1. The summed E-state index contributed by atoms with van der Waals surface area (Å²) in [4.78, 5) is 1.37. The van der Waals surface area contributed by atoms with Crippen LogP contribution in [0.5, 0.6) is 0 Å². The quantitative estimate of drug-likeness (QED) is 0.154. The standard InChI is InChI=1S/C52H37N/c1-4-14-38(15-5-1)41-26-30-48(31-27-41)53(50-23-12-22-44(37-50)52-25-13-21-43-20-10-11-24-51(43)52)49-32-28-42(29-33-49)47-35-45(39-16-6-2-7-17-39)34-46(36-47)40-18-8-3-9-19-40/h1-37H/i26D,27D,28D,29D,30D,31D,32D,33D. The zero-order valence-electron chi connectivity index (χ0n) is 36.7. The van der Waals surface area contributed by atoms with Crippen molar-refractivity contribution in [3.63, 3.8) is 0 Å². The number of rotatable bonds is 8. The van der Waals surface area contributed by atoms with E-state index in [2.05, 4.69) is 0 Å². The van der Waals surface area contributed by atoms with Crippen molar-refractivity contribution in [2.45, 2.75) is 0 Å². The minimum absolute atomic E-state index is 0.0946. The minimum atomic E-state index is -0.401. The van der Waals surface area contributed by atoms with Crippen LogP contribution in [0.15, 0.2) is 224 Å². The lowest BCUT2D eigenvalue weighted by atomic mass is 9.93. The molecule has 0 N–H and O–H groups in total. The maximum absolute atomic E-state index is 9.69. The molecule has 0 radical (unpaired) electrons. The topological polar surface area (TPSA) is 3.24 Å². The Labute approximate surface area is 323 Å².